The molecule has 0 spiro atoms. The van der Waals surface area contributed by atoms with Crippen molar-refractivity contribution in [2.75, 3.05) is 6.61 Å². The summed E-state index contributed by atoms with van der Waals surface area (Å²) in [5.74, 6) is -0.350. The molecule has 0 heterocycles. The van der Waals surface area contributed by atoms with E-state index >= 15 is 0 Å². The Hall–Kier alpha value is -2.95. The fourth-order valence-electron chi connectivity index (χ4n) is 3.77. The lowest BCUT2D eigenvalue weighted by Crippen LogP contribution is -2.71. The van der Waals surface area contributed by atoms with Crippen molar-refractivity contribution >= 4 is 29.8 Å². The molecule has 0 aromatic heterocycles. The van der Waals surface area contributed by atoms with Crippen molar-refractivity contribution in [3.05, 3.63) is 103 Å². The summed E-state index contributed by atoms with van der Waals surface area (Å²) in [7, 11) is -2.89. The molecule has 0 saturated heterocycles. The number of carbonyl (C=O) groups is 1. The molecule has 3 aromatic carbocycles. The van der Waals surface area contributed by atoms with E-state index < -0.39 is 8.32 Å². The molecule has 0 bridgehead atoms. The highest BCUT2D eigenvalue weighted by Gasteiger charge is 2.45. The van der Waals surface area contributed by atoms with Gasteiger partial charge in [-0.05, 0) is 34.0 Å². The predicted molar refractivity (Wildman–Crippen MR) is 134 cm³/mol. The maximum atomic E-state index is 12.1. The Bertz CT molecular complexity index is 912. The molecule has 0 radical (unpaired) electrons. The molecular formula is C28H32O3Si. The highest BCUT2D eigenvalue weighted by Crippen LogP contribution is 2.27. The summed E-state index contributed by atoms with van der Waals surface area (Å²) in [5.41, 5.74) is -0.237. The van der Waals surface area contributed by atoms with Gasteiger partial charge in [-0.15, -0.1) is 0 Å². The minimum Gasteiger partial charge on any atom is -0.463 e. The molecule has 3 rings (SSSR count). The second-order valence-corrected chi connectivity index (χ2v) is 12.1. The van der Waals surface area contributed by atoms with E-state index in [-0.39, 0.29) is 17.5 Å². The lowest BCUT2D eigenvalue weighted by atomic mass is 9.89. The first-order valence-corrected chi connectivity index (χ1v) is 13.0. The van der Waals surface area contributed by atoms with Gasteiger partial charge in [0.05, 0.1) is 12.7 Å². The SMILES string of the molecule is CCOC(=O)/C=C/C(O[Si](c1ccccc1)(c1ccccc1)c1ccccc1)C(C)(C)C. The van der Waals surface area contributed by atoms with E-state index in [1.165, 1.54) is 6.08 Å². The second kappa shape index (κ2) is 10.6. The molecule has 0 amide bonds. The molecular weight excluding hydrogens is 412 g/mol. The van der Waals surface area contributed by atoms with Gasteiger partial charge in [0.15, 0.2) is 0 Å². The zero-order valence-electron chi connectivity index (χ0n) is 19.3. The van der Waals surface area contributed by atoms with Gasteiger partial charge >= 0.3 is 5.97 Å². The van der Waals surface area contributed by atoms with Crippen LogP contribution in [-0.4, -0.2) is 27.0 Å². The first-order valence-electron chi connectivity index (χ1n) is 11.1. The largest absolute Gasteiger partial charge is 0.463 e. The average Bonchev–Trinajstić information content (AvgIpc) is 2.80. The number of hydrogen-bond donors (Lipinski definition) is 0. The molecule has 0 N–H and O–H groups in total. The maximum absolute atomic E-state index is 12.1. The highest BCUT2D eigenvalue weighted by molar-refractivity contribution is 7.07. The highest BCUT2D eigenvalue weighted by atomic mass is 28.4. The Morgan fingerprint density at radius 2 is 1.22 bits per heavy atom. The van der Waals surface area contributed by atoms with Crippen LogP contribution >= 0.6 is 0 Å². The van der Waals surface area contributed by atoms with Gasteiger partial charge in [0.1, 0.15) is 0 Å². The van der Waals surface area contributed by atoms with Crippen LogP contribution in [0.2, 0.25) is 0 Å². The average molecular weight is 445 g/mol. The zero-order valence-corrected chi connectivity index (χ0v) is 20.3. The summed E-state index contributed by atoms with van der Waals surface area (Å²) in [6, 6.07) is 31.4. The molecule has 0 aliphatic rings. The van der Waals surface area contributed by atoms with Crippen LogP contribution in [0.3, 0.4) is 0 Å². The van der Waals surface area contributed by atoms with Crippen LogP contribution < -0.4 is 15.6 Å². The number of carbonyl (C=O) groups excluding carboxylic acids is 1. The number of benzene rings is 3. The van der Waals surface area contributed by atoms with E-state index in [9.17, 15) is 4.79 Å². The number of hydrogen-bond acceptors (Lipinski definition) is 3. The first kappa shape index (κ1) is 23.7. The monoisotopic (exact) mass is 444 g/mol. The molecule has 0 fully saturated rings. The summed E-state index contributed by atoms with van der Waals surface area (Å²) >= 11 is 0. The summed E-state index contributed by atoms with van der Waals surface area (Å²) < 4.78 is 12.4. The Morgan fingerprint density at radius 1 is 0.812 bits per heavy atom. The van der Waals surface area contributed by atoms with Crippen LogP contribution in [0.5, 0.6) is 0 Å². The number of ether oxygens (including phenoxy) is 1. The van der Waals surface area contributed by atoms with Gasteiger partial charge < -0.3 is 9.16 Å². The van der Waals surface area contributed by atoms with Gasteiger partial charge in [0, 0.05) is 6.08 Å². The Kier molecular flexibility index (Phi) is 7.83. The summed E-state index contributed by atoms with van der Waals surface area (Å²) in [6.07, 6.45) is 3.05. The van der Waals surface area contributed by atoms with Crippen molar-refractivity contribution in [1.82, 2.24) is 0 Å². The lowest BCUT2D eigenvalue weighted by Gasteiger charge is -2.40. The third-order valence-corrected chi connectivity index (χ3v) is 9.44. The molecule has 32 heavy (non-hydrogen) atoms. The summed E-state index contributed by atoms with van der Waals surface area (Å²) in [4.78, 5) is 12.1. The van der Waals surface area contributed by atoms with E-state index in [1.54, 1.807) is 0 Å². The molecule has 0 aliphatic carbocycles. The molecule has 4 heteroatoms. The van der Waals surface area contributed by atoms with E-state index in [0.29, 0.717) is 6.61 Å². The Balaban J connectivity index is 2.22. The molecule has 3 aromatic rings. The predicted octanol–water partition coefficient (Wildman–Crippen LogP) is 4.20. The third-order valence-electron chi connectivity index (χ3n) is 5.39. The van der Waals surface area contributed by atoms with Crippen LogP contribution in [0.1, 0.15) is 27.7 Å². The lowest BCUT2D eigenvalue weighted by molar-refractivity contribution is -0.137. The van der Waals surface area contributed by atoms with Gasteiger partial charge in [-0.2, -0.15) is 0 Å². The van der Waals surface area contributed by atoms with Crippen LogP contribution in [0.15, 0.2) is 103 Å². The zero-order chi connectivity index (χ0) is 23.0. The second-order valence-electron chi connectivity index (χ2n) is 8.79. The minimum absolute atomic E-state index is 0.237. The van der Waals surface area contributed by atoms with E-state index in [2.05, 4.69) is 93.6 Å². The van der Waals surface area contributed by atoms with Crippen LogP contribution in [0, 0.1) is 5.41 Å². The summed E-state index contributed by atoms with van der Waals surface area (Å²) in [6.45, 7) is 8.55. The Labute approximate surface area is 192 Å². The molecule has 3 nitrogen and oxygen atoms in total. The molecule has 1 atom stereocenters. The smallest absolute Gasteiger partial charge is 0.330 e. The fourth-order valence-corrected chi connectivity index (χ4v) is 7.98. The quantitative estimate of drug-likeness (QED) is 0.226. The standard InChI is InChI=1S/C28H32O3Si/c1-5-30-27(29)22-21-26(28(2,3)4)31-32(23-15-9-6-10-16-23,24-17-11-7-12-18-24)25-19-13-8-14-20-25/h6-22,26H,5H2,1-4H3/b22-21+. The van der Waals surface area contributed by atoms with Crippen molar-refractivity contribution in [1.29, 1.82) is 0 Å². The van der Waals surface area contributed by atoms with Crippen molar-refractivity contribution in [3.8, 4) is 0 Å². The van der Waals surface area contributed by atoms with Gasteiger partial charge in [-0.25, -0.2) is 4.79 Å². The van der Waals surface area contributed by atoms with Crippen molar-refractivity contribution in [3.63, 3.8) is 0 Å². The molecule has 166 valence electrons. The topological polar surface area (TPSA) is 35.5 Å². The van der Waals surface area contributed by atoms with E-state index in [0.717, 1.165) is 15.6 Å². The van der Waals surface area contributed by atoms with Crippen molar-refractivity contribution < 1.29 is 14.0 Å². The number of esters is 1. The number of rotatable bonds is 8. The van der Waals surface area contributed by atoms with Crippen LogP contribution in [0.4, 0.5) is 0 Å². The first-order chi connectivity index (χ1) is 15.4. The van der Waals surface area contributed by atoms with Gasteiger partial charge in [-0.3, -0.25) is 0 Å². The minimum atomic E-state index is -2.89. The molecule has 0 saturated carbocycles. The molecule has 1 unspecified atom stereocenters. The van der Waals surface area contributed by atoms with Gasteiger partial charge in [-0.1, -0.05) is 112 Å². The van der Waals surface area contributed by atoms with E-state index in [1.807, 2.05) is 31.2 Å². The third kappa shape index (κ3) is 5.45. The maximum Gasteiger partial charge on any atom is 0.330 e. The molecule has 0 aliphatic heterocycles. The van der Waals surface area contributed by atoms with Crippen LogP contribution in [-0.2, 0) is 14.0 Å². The summed E-state index contributed by atoms with van der Waals surface area (Å²) in [5, 5.41) is 3.49. The normalized spacial score (nSPS) is 13.1. The fraction of sp³-hybridized carbons (Fsp3) is 0.250. The van der Waals surface area contributed by atoms with E-state index in [4.69, 9.17) is 9.16 Å². The van der Waals surface area contributed by atoms with Gasteiger partial charge in [0.25, 0.3) is 8.32 Å². The van der Waals surface area contributed by atoms with Crippen molar-refractivity contribution in [2.24, 2.45) is 5.41 Å². The Morgan fingerprint density at radius 3 is 1.56 bits per heavy atom. The van der Waals surface area contributed by atoms with Gasteiger partial charge in [0.2, 0.25) is 0 Å². The van der Waals surface area contributed by atoms with Crippen molar-refractivity contribution in [2.45, 2.75) is 33.8 Å². The van der Waals surface area contributed by atoms with Crippen LogP contribution in [0.25, 0.3) is 0 Å².